The Labute approximate surface area is 178 Å². The van der Waals surface area contributed by atoms with E-state index in [0.29, 0.717) is 37.4 Å². The molecular formula is C23H32N4O3. The van der Waals surface area contributed by atoms with Crippen LogP contribution in [0.5, 0.6) is 0 Å². The van der Waals surface area contributed by atoms with Crippen molar-refractivity contribution in [2.45, 2.75) is 45.9 Å². The summed E-state index contributed by atoms with van der Waals surface area (Å²) in [4.78, 5) is 29.2. The number of rotatable bonds is 7. The van der Waals surface area contributed by atoms with E-state index in [9.17, 15) is 9.59 Å². The lowest BCUT2D eigenvalue weighted by molar-refractivity contribution is -0.148. The molecule has 7 nitrogen and oxygen atoms in total. The number of morpholine rings is 1. The number of nitrogens with zero attached hydrogens (tertiary/aromatic N) is 4. The summed E-state index contributed by atoms with van der Waals surface area (Å²) < 4.78 is 7.85. The average Bonchev–Trinajstić information content (AvgIpc) is 2.99. The van der Waals surface area contributed by atoms with Crippen LogP contribution in [0.4, 0.5) is 0 Å². The van der Waals surface area contributed by atoms with E-state index in [0.717, 1.165) is 17.8 Å². The van der Waals surface area contributed by atoms with Gasteiger partial charge in [0, 0.05) is 31.7 Å². The van der Waals surface area contributed by atoms with Crippen molar-refractivity contribution in [1.29, 1.82) is 0 Å². The number of likely N-dealkylation sites (N-methyl/N-ethyl adjacent to an activating group) is 1. The van der Waals surface area contributed by atoms with Gasteiger partial charge in [-0.05, 0) is 40.4 Å². The van der Waals surface area contributed by atoms with Crippen LogP contribution in [0.15, 0.2) is 30.3 Å². The Morgan fingerprint density at radius 3 is 2.50 bits per heavy atom. The Bertz CT molecular complexity index is 891. The van der Waals surface area contributed by atoms with E-state index in [1.54, 1.807) is 11.6 Å². The number of ether oxygens (including phenoxy) is 1. The van der Waals surface area contributed by atoms with E-state index in [1.807, 2.05) is 51.0 Å². The second kappa shape index (κ2) is 9.53. The minimum Gasteiger partial charge on any atom is -0.373 e. The van der Waals surface area contributed by atoms with Crippen LogP contribution in [-0.2, 0) is 16.1 Å². The van der Waals surface area contributed by atoms with Gasteiger partial charge in [-0.25, -0.2) is 0 Å². The topological polar surface area (TPSA) is 67.7 Å². The largest absolute Gasteiger partial charge is 0.373 e. The first-order valence-electron chi connectivity index (χ1n) is 10.4. The summed E-state index contributed by atoms with van der Waals surface area (Å²) in [6.07, 6.45) is 0.246. The van der Waals surface area contributed by atoms with Crippen molar-refractivity contribution in [3.8, 4) is 0 Å². The molecule has 30 heavy (non-hydrogen) atoms. The van der Waals surface area contributed by atoms with Gasteiger partial charge in [-0.1, -0.05) is 30.3 Å². The molecule has 1 fully saturated rings. The van der Waals surface area contributed by atoms with Gasteiger partial charge in [-0.2, -0.15) is 5.10 Å². The normalized spacial score (nSPS) is 19.3. The number of aryl methyl sites for hydroxylation is 2. The van der Waals surface area contributed by atoms with Crippen molar-refractivity contribution in [3.05, 3.63) is 52.8 Å². The maximum Gasteiger partial charge on any atom is 0.225 e. The highest BCUT2D eigenvalue weighted by molar-refractivity contribution is 5.96. The van der Waals surface area contributed by atoms with Crippen molar-refractivity contribution in [2.75, 3.05) is 33.8 Å². The van der Waals surface area contributed by atoms with E-state index in [2.05, 4.69) is 22.1 Å². The van der Waals surface area contributed by atoms with Gasteiger partial charge < -0.3 is 14.5 Å². The average molecular weight is 413 g/mol. The van der Waals surface area contributed by atoms with Crippen LogP contribution in [0.3, 0.4) is 0 Å². The Hall–Kier alpha value is -2.51. The Balaban J connectivity index is 1.79. The van der Waals surface area contributed by atoms with Crippen molar-refractivity contribution < 1.29 is 14.3 Å². The smallest absolute Gasteiger partial charge is 0.225 e. The molecular weight excluding hydrogens is 380 g/mol. The lowest BCUT2D eigenvalue weighted by Crippen LogP contribution is -2.51. The van der Waals surface area contributed by atoms with Gasteiger partial charge in [0.25, 0.3) is 0 Å². The number of hydrogen-bond donors (Lipinski definition) is 0. The predicted octanol–water partition coefficient (Wildman–Crippen LogP) is 2.62. The molecule has 0 spiro atoms. The lowest BCUT2D eigenvalue weighted by atomic mass is 9.97. The van der Waals surface area contributed by atoms with Crippen LogP contribution in [0.1, 0.15) is 46.7 Å². The third kappa shape index (κ3) is 4.79. The molecule has 1 aliphatic heterocycles. The van der Waals surface area contributed by atoms with E-state index in [4.69, 9.17) is 4.74 Å². The number of hydrogen-bond acceptors (Lipinski definition) is 5. The Morgan fingerprint density at radius 1 is 1.20 bits per heavy atom. The molecule has 1 saturated heterocycles. The van der Waals surface area contributed by atoms with Gasteiger partial charge in [0.05, 0.1) is 30.0 Å². The van der Waals surface area contributed by atoms with Gasteiger partial charge in [0.2, 0.25) is 5.91 Å². The van der Waals surface area contributed by atoms with Gasteiger partial charge >= 0.3 is 0 Å². The molecule has 3 rings (SSSR count). The van der Waals surface area contributed by atoms with Gasteiger partial charge in [0.1, 0.15) is 0 Å². The molecule has 162 valence electrons. The zero-order valence-corrected chi connectivity index (χ0v) is 18.6. The van der Waals surface area contributed by atoms with Crippen LogP contribution >= 0.6 is 0 Å². The van der Waals surface area contributed by atoms with E-state index < -0.39 is 0 Å². The lowest BCUT2D eigenvalue weighted by Gasteiger charge is -2.42. The van der Waals surface area contributed by atoms with E-state index in [-0.39, 0.29) is 23.8 Å². The van der Waals surface area contributed by atoms with Gasteiger partial charge in [-0.3, -0.25) is 14.3 Å². The van der Waals surface area contributed by atoms with E-state index >= 15 is 0 Å². The first kappa shape index (κ1) is 22.2. The molecule has 1 aromatic heterocycles. The maximum absolute atomic E-state index is 13.3. The fraction of sp³-hybridized carbons (Fsp3) is 0.522. The summed E-state index contributed by atoms with van der Waals surface area (Å²) in [6.45, 7) is 7.56. The zero-order valence-electron chi connectivity index (χ0n) is 18.6. The standard InChI is InChI=1S/C23H32N4O3/c1-16-22(18(3)28)17(2)27(24-16)12-11-21(29)26-13-14-30-20(15-25(4)5)23(26)19-9-7-6-8-10-19/h6-10,20,23H,11-15H2,1-5H3/t20-,23-/m0/s1. The number of amides is 1. The highest BCUT2D eigenvalue weighted by Gasteiger charge is 2.36. The highest BCUT2D eigenvalue weighted by Crippen LogP contribution is 2.30. The summed E-state index contributed by atoms with van der Waals surface area (Å²) in [7, 11) is 4.03. The zero-order chi connectivity index (χ0) is 21.8. The first-order chi connectivity index (χ1) is 14.3. The number of aromatic nitrogens is 2. The molecule has 2 atom stereocenters. The van der Waals surface area contributed by atoms with Crippen LogP contribution < -0.4 is 0 Å². The molecule has 1 aromatic carbocycles. The number of benzene rings is 1. The van der Waals surface area contributed by atoms with Crippen molar-refractivity contribution in [2.24, 2.45) is 0 Å². The third-order valence-corrected chi connectivity index (χ3v) is 5.63. The summed E-state index contributed by atoms with van der Waals surface area (Å²) in [5.41, 5.74) is 3.27. The quantitative estimate of drug-likeness (QED) is 0.654. The number of ketones is 1. The van der Waals surface area contributed by atoms with Gasteiger partial charge in [-0.15, -0.1) is 0 Å². The van der Waals surface area contributed by atoms with Crippen molar-refractivity contribution in [3.63, 3.8) is 0 Å². The fourth-order valence-electron chi connectivity index (χ4n) is 4.34. The highest BCUT2D eigenvalue weighted by atomic mass is 16.5. The summed E-state index contributed by atoms with van der Waals surface area (Å²) in [5.74, 6) is 0.0826. The molecule has 0 aliphatic carbocycles. The van der Waals surface area contributed by atoms with Crippen LogP contribution in [0.2, 0.25) is 0 Å². The summed E-state index contributed by atoms with van der Waals surface area (Å²) in [6, 6.07) is 9.97. The van der Waals surface area contributed by atoms with E-state index in [1.165, 1.54) is 0 Å². The fourth-order valence-corrected chi connectivity index (χ4v) is 4.34. The molecule has 0 unspecified atom stereocenters. The first-order valence-corrected chi connectivity index (χ1v) is 10.4. The molecule has 0 radical (unpaired) electrons. The molecule has 7 heteroatoms. The molecule has 0 saturated carbocycles. The van der Waals surface area contributed by atoms with Crippen molar-refractivity contribution in [1.82, 2.24) is 19.6 Å². The van der Waals surface area contributed by atoms with Crippen LogP contribution in [0, 0.1) is 13.8 Å². The molecule has 1 aliphatic rings. The molecule has 1 amide bonds. The second-order valence-corrected chi connectivity index (χ2v) is 8.19. The van der Waals surface area contributed by atoms with Gasteiger partial charge in [0.15, 0.2) is 5.78 Å². The second-order valence-electron chi connectivity index (χ2n) is 8.19. The molecule has 2 aromatic rings. The Kier molecular flexibility index (Phi) is 7.05. The van der Waals surface area contributed by atoms with Crippen LogP contribution in [0.25, 0.3) is 0 Å². The number of carbonyl (C=O) groups excluding carboxylic acids is 2. The number of Topliss-reactive ketones (excluding diaryl/α,β-unsaturated/α-hetero) is 1. The minimum absolute atomic E-state index is 0.00595. The predicted molar refractivity (Wildman–Crippen MR) is 116 cm³/mol. The Morgan fingerprint density at radius 2 is 1.90 bits per heavy atom. The SMILES string of the molecule is CC(=O)c1c(C)nn(CCC(=O)N2CCO[C@@H](CN(C)C)[C@@H]2c2ccccc2)c1C. The number of carbonyl (C=O) groups is 2. The van der Waals surface area contributed by atoms with Crippen molar-refractivity contribution >= 4 is 11.7 Å². The third-order valence-electron chi connectivity index (χ3n) is 5.63. The minimum atomic E-state index is -0.122. The summed E-state index contributed by atoms with van der Waals surface area (Å²) in [5, 5.41) is 4.47. The monoisotopic (exact) mass is 412 g/mol. The van der Waals surface area contributed by atoms with Crippen LogP contribution in [-0.4, -0.2) is 71.2 Å². The molecule has 0 bridgehead atoms. The maximum atomic E-state index is 13.3. The molecule has 2 heterocycles. The molecule has 0 N–H and O–H groups in total. The summed E-state index contributed by atoms with van der Waals surface area (Å²) >= 11 is 0.